The number of benzene rings is 2. The van der Waals surface area contributed by atoms with E-state index in [0.29, 0.717) is 11.8 Å². The molecule has 0 bridgehead atoms. The molecule has 1 unspecified atom stereocenters. The van der Waals surface area contributed by atoms with Gasteiger partial charge in [-0.25, -0.2) is 0 Å². The molecule has 1 atom stereocenters. The Morgan fingerprint density at radius 1 is 1.34 bits per heavy atom. The van der Waals surface area contributed by atoms with E-state index in [1.165, 1.54) is 11.8 Å². The van der Waals surface area contributed by atoms with Crippen molar-refractivity contribution in [3.05, 3.63) is 58.8 Å². The van der Waals surface area contributed by atoms with Crippen molar-refractivity contribution in [2.75, 3.05) is 19.5 Å². The van der Waals surface area contributed by atoms with E-state index in [0.717, 1.165) is 33.6 Å². The Balaban J connectivity index is 1.40. The summed E-state index contributed by atoms with van der Waals surface area (Å²) in [5.74, 6) is 1.78. The average molecular weight is 475 g/mol. The van der Waals surface area contributed by atoms with E-state index in [1.54, 1.807) is 13.4 Å². The van der Waals surface area contributed by atoms with Gasteiger partial charge in [0.1, 0.15) is 17.8 Å². The fourth-order valence-corrected chi connectivity index (χ4v) is 4.24. The molecular weight excluding hydrogens is 456 g/mol. The van der Waals surface area contributed by atoms with E-state index in [4.69, 9.17) is 9.47 Å². The van der Waals surface area contributed by atoms with Gasteiger partial charge in [0.2, 0.25) is 5.91 Å². The van der Waals surface area contributed by atoms with Crippen LogP contribution in [0.5, 0.6) is 11.5 Å². The van der Waals surface area contributed by atoms with Crippen LogP contribution in [-0.2, 0) is 4.79 Å². The van der Waals surface area contributed by atoms with Gasteiger partial charge in [0, 0.05) is 22.1 Å². The Morgan fingerprint density at radius 2 is 2.17 bits per heavy atom. The zero-order valence-electron chi connectivity index (χ0n) is 15.7. The smallest absolute Gasteiger partial charge is 0.230 e. The van der Waals surface area contributed by atoms with Gasteiger partial charge in [-0.05, 0) is 42.5 Å². The molecule has 150 valence electrons. The zero-order chi connectivity index (χ0) is 20.2. The molecule has 3 aromatic rings. The SMILES string of the molecule is COc1ccc(-n2cnnc2SCC(=O)NC2CCOc3ccc(Br)cc32)cc1. The summed E-state index contributed by atoms with van der Waals surface area (Å²) in [5.41, 5.74) is 1.90. The fraction of sp³-hybridized carbons (Fsp3) is 0.250. The molecule has 0 spiro atoms. The van der Waals surface area contributed by atoms with Gasteiger partial charge in [-0.15, -0.1) is 10.2 Å². The molecule has 0 saturated heterocycles. The number of ether oxygens (including phenoxy) is 2. The maximum Gasteiger partial charge on any atom is 0.230 e. The van der Waals surface area contributed by atoms with Crippen molar-refractivity contribution < 1.29 is 14.3 Å². The highest BCUT2D eigenvalue weighted by atomic mass is 79.9. The average Bonchev–Trinajstić information content (AvgIpc) is 3.21. The first-order valence-corrected chi connectivity index (χ1v) is 10.8. The normalized spacial score (nSPS) is 15.3. The predicted molar refractivity (Wildman–Crippen MR) is 114 cm³/mol. The van der Waals surface area contributed by atoms with Gasteiger partial charge < -0.3 is 14.8 Å². The van der Waals surface area contributed by atoms with Crippen LogP contribution < -0.4 is 14.8 Å². The summed E-state index contributed by atoms with van der Waals surface area (Å²) in [6, 6.07) is 13.4. The van der Waals surface area contributed by atoms with E-state index in [-0.39, 0.29) is 17.7 Å². The second-order valence-electron chi connectivity index (χ2n) is 6.41. The summed E-state index contributed by atoms with van der Waals surface area (Å²) in [4.78, 5) is 12.6. The lowest BCUT2D eigenvalue weighted by Gasteiger charge is -2.26. The van der Waals surface area contributed by atoms with Crippen LogP contribution in [0, 0.1) is 0 Å². The van der Waals surface area contributed by atoms with Gasteiger partial charge in [-0.2, -0.15) is 0 Å². The number of nitrogens with zero attached hydrogens (tertiary/aromatic N) is 3. The Labute approximate surface area is 180 Å². The maximum absolute atomic E-state index is 12.6. The molecule has 29 heavy (non-hydrogen) atoms. The molecule has 2 heterocycles. The number of aromatic nitrogens is 3. The molecule has 0 saturated carbocycles. The van der Waals surface area contributed by atoms with Gasteiger partial charge in [-0.3, -0.25) is 9.36 Å². The van der Waals surface area contributed by atoms with E-state index in [1.807, 2.05) is 47.0 Å². The fourth-order valence-electron chi connectivity index (χ4n) is 3.12. The van der Waals surface area contributed by atoms with Crippen LogP contribution in [0.4, 0.5) is 0 Å². The Hall–Kier alpha value is -2.52. The number of hydrogen-bond donors (Lipinski definition) is 1. The van der Waals surface area contributed by atoms with Crippen molar-refractivity contribution >= 4 is 33.6 Å². The zero-order valence-corrected chi connectivity index (χ0v) is 18.1. The molecular formula is C20H19BrN4O3S. The van der Waals surface area contributed by atoms with Crippen LogP contribution in [0.15, 0.2) is 58.4 Å². The van der Waals surface area contributed by atoms with Crippen molar-refractivity contribution in [2.45, 2.75) is 17.6 Å². The highest BCUT2D eigenvalue weighted by molar-refractivity contribution is 9.10. The summed E-state index contributed by atoms with van der Waals surface area (Å²) >= 11 is 4.83. The minimum Gasteiger partial charge on any atom is -0.497 e. The van der Waals surface area contributed by atoms with Crippen LogP contribution in [0.25, 0.3) is 5.69 Å². The maximum atomic E-state index is 12.6. The summed E-state index contributed by atoms with van der Waals surface area (Å²) < 4.78 is 13.7. The van der Waals surface area contributed by atoms with Crippen molar-refractivity contribution in [1.82, 2.24) is 20.1 Å². The van der Waals surface area contributed by atoms with E-state index in [2.05, 4.69) is 31.4 Å². The lowest BCUT2D eigenvalue weighted by Crippen LogP contribution is -2.33. The monoisotopic (exact) mass is 474 g/mol. The molecule has 1 aromatic heterocycles. The first-order chi connectivity index (χ1) is 14.1. The standard InChI is InChI=1S/C20H19BrN4O3S/c1-27-15-5-3-14(4-6-15)25-12-22-24-20(25)29-11-19(26)23-17-8-9-28-18-7-2-13(21)10-16(17)18/h2-7,10,12,17H,8-9,11H2,1H3,(H,23,26). The number of hydrogen-bond acceptors (Lipinski definition) is 6. The molecule has 2 aromatic carbocycles. The third-order valence-corrected chi connectivity index (χ3v) is 5.98. The molecule has 0 radical (unpaired) electrons. The van der Waals surface area contributed by atoms with Crippen LogP contribution in [0.1, 0.15) is 18.0 Å². The topological polar surface area (TPSA) is 78.3 Å². The van der Waals surface area contributed by atoms with Crippen LogP contribution in [0.2, 0.25) is 0 Å². The van der Waals surface area contributed by atoms with Crippen LogP contribution in [0.3, 0.4) is 0 Å². The van der Waals surface area contributed by atoms with Gasteiger partial charge in [0.25, 0.3) is 0 Å². The van der Waals surface area contributed by atoms with Crippen molar-refractivity contribution in [1.29, 1.82) is 0 Å². The number of carbonyl (C=O) groups is 1. The highest BCUT2D eigenvalue weighted by Crippen LogP contribution is 2.34. The number of rotatable bonds is 6. The summed E-state index contributed by atoms with van der Waals surface area (Å²) in [6.07, 6.45) is 2.37. The molecule has 1 amide bonds. The molecule has 7 nitrogen and oxygen atoms in total. The van der Waals surface area contributed by atoms with Crippen molar-refractivity contribution in [3.63, 3.8) is 0 Å². The van der Waals surface area contributed by atoms with Crippen molar-refractivity contribution in [3.8, 4) is 17.2 Å². The van der Waals surface area contributed by atoms with E-state index in [9.17, 15) is 4.79 Å². The number of carbonyl (C=O) groups excluding carboxylic acids is 1. The third-order valence-electron chi connectivity index (χ3n) is 4.55. The minimum absolute atomic E-state index is 0.0582. The highest BCUT2D eigenvalue weighted by Gasteiger charge is 2.23. The quantitative estimate of drug-likeness (QED) is 0.547. The second kappa shape index (κ2) is 8.87. The predicted octanol–water partition coefficient (Wildman–Crippen LogP) is 3.77. The van der Waals surface area contributed by atoms with Crippen LogP contribution in [-0.4, -0.2) is 40.1 Å². The third kappa shape index (κ3) is 4.56. The van der Waals surface area contributed by atoms with E-state index >= 15 is 0 Å². The number of thioether (sulfide) groups is 1. The van der Waals surface area contributed by atoms with Gasteiger partial charge in [0.05, 0.1) is 25.5 Å². The Morgan fingerprint density at radius 3 is 2.97 bits per heavy atom. The lowest BCUT2D eigenvalue weighted by atomic mass is 10.0. The summed E-state index contributed by atoms with van der Waals surface area (Å²) in [7, 11) is 1.63. The number of methoxy groups -OCH3 is 1. The largest absolute Gasteiger partial charge is 0.497 e. The van der Waals surface area contributed by atoms with Crippen LogP contribution >= 0.6 is 27.7 Å². The Kier molecular flexibility index (Phi) is 6.05. The van der Waals surface area contributed by atoms with Gasteiger partial charge in [-0.1, -0.05) is 27.7 Å². The van der Waals surface area contributed by atoms with Gasteiger partial charge in [0.15, 0.2) is 5.16 Å². The molecule has 9 heteroatoms. The summed E-state index contributed by atoms with van der Waals surface area (Å²) in [5, 5.41) is 11.9. The van der Waals surface area contributed by atoms with E-state index < -0.39 is 0 Å². The van der Waals surface area contributed by atoms with Gasteiger partial charge >= 0.3 is 0 Å². The number of fused-ring (bicyclic) bond motifs is 1. The number of halogens is 1. The summed E-state index contributed by atoms with van der Waals surface area (Å²) in [6.45, 7) is 0.582. The minimum atomic E-state index is -0.0659. The molecule has 1 aliphatic rings. The Bertz CT molecular complexity index is 1010. The number of nitrogens with one attached hydrogen (secondary N) is 1. The molecule has 0 aliphatic carbocycles. The molecule has 1 N–H and O–H groups in total. The number of amides is 1. The molecule has 4 rings (SSSR count). The second-order valence-corrected chi connectivity index (χ2v) is 8.27. The first-order valence-electron chi connectivity index (χ1n) is 9.03. The molecule has 1 aliphatic heterocycles. The first kappa shape index (κ1) is 19.8. The molecule has 0 fully saturated rings. The lowest BCUT2D eigenvalue weighted by molar-refractivity contribution is -0.119. The van der Waals surface area contributed by atoms with Crippen molar-refractivity contribution in [2.24, 2.45) is 0 Å².